The molecule has 5 heteroatoms. The number of hydrogen-bond donors (Lipinski definition) is 2. The van der Waals surface area contributed by atoms with Crippen LogP contribution in [0.5, 0.6) is 0 Å². The Morgan fingerprint density at radius 2 is 1.95 bits per heavy atom. The third kappa shape index (κ3) is 3.20. The van der Waals surface area contributed by atoms with E-state index in [0.29, 0.717) is 5.56 Å². The summed E-state index contributed by atoms with van der Waals surface area (Å²) < 4.78 is 0.876. The average molecular weight is 342 g/mol. The topological polar surface area (TPSA) is 57.8 Å². The van der Waals surface area contributed by atoms with E-state index < -0.39 is 0 Å². The van der Waals surface area contributed by atoms with E-state index in [1.807, 2.05) is 42.5 Å². The van der Waals surface area contributed by atoms with Gasteiger partial charge in [0.05, 0.1) is 5.69 Å². The molecule has 3 aromatic rings. The predicted octanol–water partition coefficient (Wildman–Crippen LogP) is 4.09. The van der Waals surface area contributed by atoms with E-state index in [2.05, 4.69) is 31.4 Å². The van der Waals surface area contributed by atoms with Gasteiger partial charge in [-0.3, -0.25) is 9.89 Å². The number of H-pyrrole nitrogens is 1. The number of amides is 1. The van der Waals surface area contributed by atoms with E-state index in [1.165, 1.54) is 0 Å². The van der Waals surface area contributed by atoms with E-state index in [9.17, 15) is 4.79 Å². The lowest BCUT2D eigenvalue weighted by Crippen LogP contribution is -2.11. The number of aromatic amines is 1. The molecular formula is C16H12BrN3O. The number of carbonyl (C=O) groups excluding carboxylic acids is 1. The van der Waals surface area contributed by atoms with Crippen LogP contribution in [0.3, 0.4) is 0 Å². The third-order valence-electron chi connectivity index (χ3n) is 3.02. The average Bonchev–Trinajstić information content (AvgIpc) is 3.02. The van der Waals surface area contributed by atoms with Crippen LogP contribution < -0.4 is 5.32 Å². The molecule has 0 radical (unpaired) electrons. The standard InChI is InChI=1S/C16H12BrN3O/c17-13-5-1-4-12(9-13)16(21)19-14-6-2-3-11(10-14)15-7-8-18-20-15/h1-10H,(H,18,20)(H,19,21). The number of hydrogen-bond acceptors (Lipinski definition) is 2. The summed E-state index contributed by atoms with van der Waals surface area (Å²) >= 11 is 3.36. The number of anilines is 1. The Morgan fingerprint density at radius 3 is 2.71 bits per heavy atom. The van der Waals surface area contributed by atoms with Crippen LogP contribution in [0.15, 0.2) is 65.3 Å². The van der Waals surface area contributed by atoms with Crippen molar-refractivity contribution in [3.8, 4) is 11.3 Å². The fraction of sp³-hybridized carbons (Fsp3) is 0. The molecule has 0 saturated heterocycles. The smallest absolute Gasteiger partial charge is 0.255 e. The summed E-state index contributed by atoms with van der Waals surface area (Å²) in [6.45, 7) is 0. The van der Waals surface area contributed by atoms with Gasteiger partial charge in [-0.1, -0.05) is 34.1 Å². The van der Waals surface area contributed by atoms with Gasteiger partial charge in [-0.15, -0.1) is 0 Å². The normalized spacial score (nSPS) is 10.3. The first kappa shape index (κ1) is 13.6. The Kier molecular flexibility index (Phi) is 3.83. The highest BCUT2D eigenvalue weighted by Crippen LogP contribution is 2.21. The zero-order valence-corrected chi connectivity index (χ0v) is 12.6. The lowest BCUT2D eigenvalue weighted by Gasteiger charge is -2.07. The largest absolute Gasteiger partial charge is 0.322 e. The van der Waals surface area contributed by atoms with E-state index in [1.54, 1.807) is 18.3 Å². The highest BCUT2D eigenvalue weighted by molar-refractivity contribution is 9.10. The number of carbonyl (C=O) groups is 1. The van der Waals surface area contributed by atoms with Gasteiger partial charge >= 0.3 is 0 Å². The molecular weight excluding hydrogens is 330 g/mol. The molecule has 2 N–H and O–H groups in total. The van der Waals surface area contributed by atoms with Gasteiger partial charge in [-0.2, -0.15) is 5.10 Å². The second-order valence-corrected chi connectivity index (χ2v) is 5.43. The fourth-order valence-electron chi connectivity index (χ4n) is 2.01. The molecule has 4 nitrogen and oxygen atoms in total. The van der Waals surface area contributed by atoms with Crippen molar-refractivity contribution in [3.05, 3.63) is 70.8 Å². The van der Waals surface area contributed by atoms with Crippen molar-refractivity contribution >= 4 is 27.5 Å². The minimum Gasteiger partial charge on any atom is -0.322 e. The van der Waals surface area contributed by atoms with E-state index in [-0.39, 0.29) is 5.91 Å². The molecule has 2 aromatic carbocycles. The molecule has 0 aliphatic rings. The van der Waals surface area contributed by atoms with Crippen LogP contribution in [0.25, 0.3) is 11.3 Å². The van der Waals surface area contributed by atoms with Crippen LogP contribution in [0, 0.1) is 0 Å². The van der Waals surface area contributed by atoms with Gasteiger partial charge in [-0.25, -0.2) is 0 Å². The number of nitrogens with one attached hydrogen (secondary N) is 2. The molecule has 0 fully saturated rings. The van der Waals surface area contributed by atoms with Crippen molar-refractivity contribution in [2.24, 2.45) is 0 Å². The second kappa shape index (κ2) is 5.93. The molecule has 0 spiro atoms. The molecule has 1 amide bonds. The van der Waals surface area contributed by atoms with Gasteiger partial charge in [0.15, 0.2) is 0 Å². The lowest BCUT2D eigenvalue weighted by molar-refractivity contribution is 0.102. The molecule has 0 aliphatic heterocycles. The van der Waals surface area contributed by atoms with Gasteiger partial charge < -0.3 is 5.32 Å². The predicted molar refractivity (Wildman–Crippen MR) is 86.1 cm³/mol. The first-order valence-electron chi connectivity index (χ1n) is 6.39. The number of nitrogens with zero attached hydrogens (tertiary/aromatic N) is 1. The van der Waals surface area contributed by atoms with Crippen molar-refractivity contribution in [1.82, 2.24) is 10.2 Å². The van der Waals surface area contributed by atoms with E-state index in [4.69, 9.17) is 0 Å². The van der Waals surface area contributed by atoms with Gasteiger partial charge in [-0.05, 0) is 36.4 Å². The first-order valence-corrected chi connectivity index (χ1v) is 7.18. The van der Waals surface area contributed by atoms with E-state index >= 15 is 0 Å². The Balaban J connectivity index is 1.82. The maximum absolute atomic E-state index is 12.2. The molecule has 1 heterocycles. The third-order valence-corrected chi connectivity index (χ3v) is 3.51. The zero-order valence-electron chi connectivity index (χ0n) is 11.0. The van der Waals surface area contributed by atoms with Crippen LogP contribution in [-0.2, 0) is 0 Å². The van der Waals surface area contributed by atoms with Crippen molar-refractivity contribution < 1.29 is 4.79 Å². The monoisotopic (exact) mass is 341 g/mol. The number of rotatable bonds is 3. The van der Waals surface area contributed by atoms with Crippen LogP contribution >= 0.6 is 15.9 Å². The van der Waals surface area contributed by atoms with Crippen LogP contribution in [0.4, 0.5) is 5.69 Å². The zero-order chi connectivity index (χ0) is 14.7. The number of halogens is 1. The fourth-order valence-corrected chi connectivity index (χ4v) is 2.41. The van der Waals surface area contributed by atoms with Gasteiger partial charge in [0, 0.05) is 27.5 Å². The molecule has 1 aromatic heterocycles. The summed E-state index contributed by atoms with van der Waals surface area (Å²) in [5.41, 5.74) is 3.23. The maximum atomic E-state index is 12.2. The van der Waals surface area contributed by atoms with Crippen LogP contribution in [0.2, 0.25) is 0 Å². The Bertz CT molecular complexity index is 769. The van der Waals surface area contributed by atoms with Crippen molar-refractivity contribution in [1.29, 1.82) is 0 Å². The molecule has 0 saturated carbocycles. The number of benzene rings is 2. The highest BCUT2D eigenvalue weighted by Gasteiger charge is 2.07. The van der Waals surface area contributed by atoms with Crippen LogP contribution in [-0.4, -0.2) is 16.1 Å². The van der Waals surface area contributed by atoms with Crippen LogP contribution in [0.1, 0.15) is 10.4 Å². The van der Waals surface area contributed by atoms with Gasteiger partial charge in [0.1, 0.15) is 0 Å². The minimum absolute atomic E-state index is 0.141. The molecule has 0 aliphatic carbocycles. The highest BCUT2D eigenvalue weighted by atomic mass is 79.9. The molecule has 0 bridgehead atoms. The van der Waals surface area contributed by atoms with Crippen molar-refractivity contribution in [3.63, 3.8) is 0 Å². The molecule has 21 heavy (non-hydrogen) atoms. The molecule has 0 unspecified atom stereocenters. The van der Waals surface area contributed by atoms with E-state index in [0.717, 1.165) is 21.4 Å². The lowest BCUT2D eigenvalue weighted by atomic mass is 10.1. The Labute approximate surface area is 130 Å². The summed E-state index contributed by atoms with van der Waals surface area (Å²) in [4.78, 5) is 12.2. The summed E-state index contributed by atoms with van der Waals surface area (Å²) in [7, 11) is 0. The quantitative estimate of drug-likeness (QED) is 0.753. The Hall–Kier alpha value is -2.40. The Morgan fingerprint density at radius 1 is 1.10 bits per heavy atom. The minimum atomic E-state index is -0.141. The van der Waals surface area contributed by atoms with Crippen molar-refractivity contribution in [2.45, 2.75) is 0 Å². The molecule has 104 valence electrons. The summed E-state index contributed by atoms with van der Waals surface area (Å²) in [5, 5.41) is 9.73. The second-order valence-electron chi connectivity index (χ2n) is 4.52. The van der Waals surface area contributed by atoms with Gasteiger partial charge in [0.2, 0.25) is 0 Å². The maximum Gasteiger partial charge on any atom is 0.255 e. The first-order chi connectivity index (χ1) is 10.2. The number of aromatic nitrogens is 2. The summed E-state index contributed by atoms with van der Waals surface area (Å²) in [6.07, 6.45) is 1.70. The summed E-state index contributed by atoms with van der Waals surface area (Å²) in [6, 6.07) is 16.8. The SMILES string of the molecule is O=C(Nc1cccc(-c2ccn[nH]2)c1)c1cccc(Br)c1. The summed E-state index contributed by atoms with van der Waals surface area (Å²) in [5.74, 6) is -0.141. The van der Waals surface area contributed by atoms with Gasteiger partial charge in [0.25, 0.3) is 5.91 Å². The van der Waals surface area contributed by atoms with Crippen molar-refractivity contribution in [2.75, 3.05) is 5.32 Å². The molecule has 0 atom stereocenters. The molecule has 3 rings (SSSR count).